The van der Waals surface area contributed by atoms with Crippen LogP contribution >= 0.6 is 0 Å². The van der Waals surface area contributed by atoms with Gasteiger partial charge in [0.2, 0.25) is 10.0 Å². The van der Waals surface area contributed by atoms with Gasteiger partial charge in [-0.2, -0.15) is 5.10 Å². The Kier molecular flexibility index (Phi) is 7.44. The van der Waals surface area contributed by atoms with Crippen molar-refractivity contribution in [1.82, 2.24) is 5.43 Å². The van der Waals surface area contributed by atoms with Crippen molar-refractivity contribution in [1.29, 1.82) is 0 Å². The van der Waals surface area contributed by atoms with Gasteiger partial charge < -0.3 is 4.42 Å². The molecule has 0 saturated heterocycles. The third-order valence-electron chi connectivity index (χ3n) is 5.33. The summed E-state index contributed by atoms with van der Waals surface area (Å²) in [4.78, 5) is 22.8. The van der Waals surface area contributed by atoms with Gasteiger partial charge in [-0.1, -0.05) is 30.3 Å². The average molecular weight is 519 g/mol. The first kappa shape index (κ1) is 25.3. The Morgan fingerprint density at radius 3 is 2.30 bits per heavy atom. The molecule has 0 bridgehead atoms. The molecule has 188 valence electrons. The normalized spacial score (nSPS) is 11.4. The van der Waals surface area contributed by atoms with Crippen molar-refractivity contribution in [3.05, 3.63) is 118 Å². The molecule has 1 amide bonds. The number of non-ortho nitro benzene ring substituents is 1. The molecule has 1 N–H and O–H groups in total. The maximum Gasteiger partial charge on any atom is 0.271 e. The largest absolute Gasteiger partial charge is 0.455 e. The molecule has 1 aromatic heterocycles. The molecular weight excluding hydrogens is 496 g/mol. The van der Waals surface area contributed by atoms with Crippen molar-refractivity contribution in [2.75, 3.05) is 10.6 Å². The smallest absolute Gasteiger partial charge is 0.271 e. The van der Waals surface area contributed by atoms with E-state index in [4.69, 9.17) is 4.42 Å². The number of furan rings is 1. The van der Waals surface area contributed by atoms with E-state index in [2.05, 4.69) is 10.5 Å². The molecule has 0 aliphatic carbocycles. The van der Waals surface area contributed by atoms with E-state index in [9.17, 15) is 23.3 Å². The minimum atomic E-state index is -3.50. The number of nitro groups is 1. The number of rotatable bonds is 9. The van der Waals surface area contributed by atoms with Crippen molar-refractivity contribution < 1.29 is 22.6 Å². The second-order valence-electron chi connectivity index (χ2n) is 8.01. The van der Waals surface area contributed by atoms with Crippen LogP contribution in [-0.2, 0) is 16.6 Å². The molecule has 0 fully saturated rings. The lowest BCUT2D eigenvalue weighted by Gasteiger charge is -2.22. The molecule has 3 aromatic carbocycles. The highest BCUT2D eigenvalue weighted by molar-refractivity contribution is 7.92. The topological polar surface area (TPSA) is 135 Å². The quantitative estimate of drug-likeness (QED) is 0.196. The maximum atomic E-state index is 12.4. The SMILES string of the molecule is CS(=O)(=O)N(Cc1ccc(C(=O)N/N=C\c2ccc(-c3ccc([N+](=O)[O-])cc3)o2)cc1)c1ccccc1. The van der Waals surface area contributed by atoms with Crippen LogP contribution in [-0.4, -0.2) is 31.7 Å². The van der Waals surface area contributed by atoms with E-state index in [0.29, 0.717) is 33.9 Å². The lowest BCUT2D eigenvalue weighted by molar-refractivity contribution is -0.384. The van der Waals surface area contributed by atoms with Crippen molar-refractivity contribution in [2.24, 2.45) is 5.10 Å². The Hall–Kier alpha value is -4.77. The predicted octanol–water partition coefficient (Wildman–Crippen LogP) is 4.58. The zero-order valence-corrected chi connectivity index (χ0v) is 20.5. The van der Waals surface area contributed by atoms with Gasteiger partial charge in [-0.25, -0.2) is 13.8 Å². The van der Waals surface area contributed by atoms with Gasteiger partial charge >= 0.3 is 0 Å². The molecule has 0 aliphatic heterocycles. The second kappa shape index (κ2) is 10.9. The van der Waals surface area contributed by atoms with Crippen LogP contribution < -0.4 is 9.73 Å². The lowest BCUT2D eigenvalue weighted by Crippen LogP contribution is -2.29. The van der Waals surface area contributed by atoms with Gasteiger partial charge in [-0.15, -0.1) is 0 Å². The summed E-state index contributed by atoms with van der Waals surface area (Å²) in [6.45, 7) is 0.123. The Morgan fingerprint density at radius 1 is 1.00 bits per heavy atom. The number of anilines is 1. The van der Waals surface area contributed by atoms with Crippen LogP contribution in [0.1, 0.15) is 21.7 Å². The van der Waals surface area contributed by atoms with Crippen molar-refractivity contribution >= 4 is 33.5 Å². The Morgan fingerprint density at radius 2 is 1.68 bits per heavy atom. The van der Waals surface area contributed by atoms with E-state index in [1.54, 1.807) is 72.8 Å². The summed E-state index contributed by atoms with van der Waals surface area (Å²) in [7, 11) is -3.50. The monoisotopic (exact) mass is 518 g/mol. The highest BCUT2D eigenvalue weighted by atomic mass is 32.2. The molecular formula is C26H22N4O6S. The zero-order valence-electron chi connectivity index (χ0n) is 19.6. The highest BCUT2D eigenvalue weighted by Gasteiger charge is 2.18. The fourth-order valence-electron chi connectivity index (χ4n) is 3.47. The molecule has 1 heterocycles. The van der Waals surface area contributed by atoms with Crippen LogP contribution in [0.4, 0.5) is 11.4 Å². The summed E-state index contributed by atoms with van der Waals surface area (Å²) >= 11 is 0. The minimum absolute atomic E-state index is 0.0169. The number of benzene rings is 3. The van der Waals surface area contributed by atoms with Crippen LogP contribution in [0.5, 0.6) is 0 Å². The number of nitro benzene ring substituents is 1. The molecule has 4 aromatic rings. The maximum absolute atomic E-state index is 12.4. The van der Waals surface area contributed by atoms with Crippen LogP contribution in [0.15, 0.2) is 101 Å². The zero-order chi connectivity index (χ0) is 26.4. The number of para-hydroxylation sites is 1. The van der Waals surface area contributed by atoms with Gasteiger partial charge in [-0.05, 0) is 54.1 Å². The fourth-order valence-corrected chi connectivity index (χ4v) is 4.35. The fraction of sp³-hybridized carbons (Fsp3) is 0.0769. The number of carbonyl (C=O) groups is 1. The number of nitrogens with zero attached hydrogens (tertiary/aromatic N) is 3. The summed E-state index contributed by atoms with van der Waals surface area (Å²) in [6.07, 6.45) is 2.48. The second-order valence-corrected chi connectivity index (χ2v) is 9.91. The molecule has 0 unspecified atom stereocenters. The standard InChI is InChI=1S/C26H22N4O6S/c1-37(34,35)29(22-5-3-2-4-6-22)18-19-7-9-21(10-8-19)26(31)28-27-17-24-15-16-25(36-24)20-11-13-23(14-12-20)30(32)33/h2-17H,18H2,1H3,(H,28,31)/b27-17-. The van der Waals surface area contributed by atoms with E-state index in [1.807, 2.05) is 6.07 Å². The van der Waals surface area contributed by atoms with Crippen LogP contribution in [0.3, 0.4) is 0 Å². The van der Waals surface area contributed by atoms with Gasteiger partial charge in [0.25, 0.3) is 11.6 Å². The van der Waals surface area contributed by atoms with Crippen LogP contribution in [0.2, 0.25) is 0 Å². The number of carbonyl (C=O) groups excluding carboxylic acids is 1. The summed E-state index contributed by atoms with van der Waals surface area (Å²) in [5.74, 6) is 0.427. The number of hydrogen-bond acceptors (Lipinski definition) is 7. The Labute approximate surface area is 213 Å². The van der Waals surface area contributed by atoms with Gasteiger partial charge in [0.1, 0.15) is 11.5 Å². The molecule has 10 nitrogen and oxygen atoms in total. The van der Waals surface area contributed by atoms with Gasteiger partial charge in [0.05, 0.1) is 29.6 Å². The third-order valence-corrected chi connectivity index (χ3v) is 6.47. The molecule has 0 radical (unpaired) electrons. The molecule has 11 heteroatoms. The van der Waals surface area contributed by atoms with E-state index >= 15 is 0 Å². The first-order chi connectivity index (χ1) is 17.7. The van der Waals surface area contributed by atoms with E-state index in [1.165, 1.54) is 22.7 Å². The molecule has 37 heavy (non-hydrogen) atoms. The molecule has 0 saturated carbocycles. The third kappa shape index (κ3) is 6.47. The van der Waals surface area contributed by atoms with E-state index in [0.717, 1.165) is 6.26 Å². The summed E-state index contributed by atoms with van der Waals surface area (Å²) in [5, 5.41) is 14.7. The lowest BCUT2D eigenvalue weighted by atomic mass is 10.1. The Bertz CT molecular complexity index is 1530. The van der Waals surface area contributed by atoms with Crippen LogP contribution in [0, 0.1) is 10.1 Å². The van der Waals surface area contributed by atoms with E-state index in [-0.39, 0.29) is 12.2 Å². The number of hydrogen-bond donors (Lipinski definition) is 1. The molecule has 0 atom stereocenters. The highest BCUT2D eigenvalue weighted by Crippen LogP contribution is 2.24. The predicted molar refractivity (Wildman–Crippen MR) is 140 cm³/mol. The number of sulfonamides is 1. The number of amides is 1. The number of nitrogens with one attached hydrogen (secondary N) is 1. The van der Waals surface area contributed by atoms with Crippen molar-refractivity contribution in [2.45, 2.75) is 6.54 Å². The van der Waals surface area contributed by atoms with Crippen molar-refractivity contribution in [3.8, 4) is 11.3 Å². The summed E-state index contributed by atoms with van der Waals surface area (Å²) in [5.41, 5.74) is 4.67. The van der Waals surface area contributed by atoms with Gasteiger partial charge in [0, 0.05) is 23.3 Å². The van der Waals surface area contributed by atoms with Gasteiger partial charge in [0.15, 0.2) is 0 Å². The molecule has 4 rings (SSSR count). The number of hydrazone groups is 1. The Balaban J connectivity index is 1.37. The first-order valence-electron chi connectivity index (χ1n) is 11.0. The van der Waals surface area contributed by atoms with Crippen molar-refractivity contribution in [3.63, 3.8) is 0 Å². The van der Waals surface area contributed by atoms with Gasteiger partial charge in [-0.3, -0.25) is 19.2 Å². The summed E-state index contributed by atoms with van der Waals surface area (Å²) in [6, 6.07) is 24.6. The minimum Gasteiger partial charge on any atom is -0.455 e. The molecule has 0 aliphatic rings. The van der Waals surface area contributed by atoms with E-state index < -0.39 is 20.9 Å². The van der Waals surface area contributed by atoms with Crippen LogP contribution in [0.25, 0.3) is 11.3 Å². The first-order valence-corrected chi connectivity index (χ1v) is 12.9. The summed E-state index contributed by atoms with van der Waals surface area (Å²) < 4.78 is 31.5. The molecule has 0 spiro atoms. The average Bonchev–Trinajstić information content (AvgIpc) is 3.36.